The Kier molecular flexibility index (Phi) is 4.20. The maximum absolute atomic E-state index is 5.79. The molecule has 1 aromatic heterocycles. The molecule has 2 heterocycles. The normalized spacial score (nSPS) is 19.0. The van der Waals surface area contributed by atoms with Crippen LogP contribution in [-0.4, -0.2) is 34.8 Å². The number of nitrogens with zero attached hydrogens (tertiary/aromatic N) is 3. The standard InChI is InChI=1S/C16H23N5/c1-2-12-5-7-14(8-6-12)15-18-16(20-19-15)21-9-3-4-13(10-17)11-21/h5-8,13H,2-4,9-11,17H2,1H3,(H,18,19,20). The van der Waals surface area contributed by atoms with Gasteiger partial charge in [0.25, 0.3) is 0 Å². The van der Waals surface area contributed by atoms with Crippen molar-refractivity contribution in [3.05, 3.63) is 29.8 Å². The van der Waals surface area contributed by atoms with E-state index in [2.05, 4.69) is 51.3 Å². The first-order chi connectivity index (χ1) is 10.3. The van der Waals surface area contributed by atoms with E-state index in [1.54, 1.807) is 0 Å². The van der Waals surface area contributed by atoms with Gasteiger partial charge in [0.1, 0.15) is 0 Å². The first-order valence-electron chi connectivity index (χ1n) is 7.77. The molecule has 3 N–H and O–H groups in total. The summed E-state index contributed by atoms with van der Waals surface area (Å²) in [6.45, 7) is 4.88. The minimum Gasteiger partial charge on any atom is -0.339 e. The first kappa shape index (κ1) is 14.1. The van der Waals surface area contributed by atoms with E-state index in [1.165, 1.54) is 12.0 Å². The van der Waals surface area contributed by atoms with E-state index in [0.29, 0.717) is 5.92 Å². The number of anilines is 1. The smallest absolute Gasteiger partial charge is 0.245 e. The van der Waals surface area contributed by atoms with Crippen LogP contribution in [0.15, 0.2) is 24.3 Å². The van der Waals surface area contributed by atoms with Crippen LogP contribution in [0.5, 0.6) is 0 Å². The Bertz CT molecular complexity index is 575. The van der Waals surface area contributed by atoms with Crippen molar-refractivity contribution in [1.82, 2.24) is 15.2 Å². The Morgan fingerprint density at radius 1 is 1.33 bits per heavy atom. The van der Waals surface area contributed by atoms with Crippen LogP contribution in [0.1, 0.15) is 25.3 Å². The zero-order chi connectivity index (χ0) is 14.7. The van der Waals surface area contributed by atoms with Crippen molar-refractivity contribution < 1.29 is 0 Å². The topological polar surface area (TPSA) is 70.8 Å². The molecule has 1 fully saturated rings. The molecular weight excluding hydrogens is 262 g/mol. The third-order valence-electron chi connectivity index (χ3n) is 4.24. The number of H-pyrrole nitrogens is 1. The van der Waals surface area contributed by atoms with Crippen LogP contribution in [0.4, 0.5) is 5.95 Å². The molecule has 1 unspecified atom stereocenters. The van der Waals surface area contributed by atoms with E-state index in [-0.39, 0.29) is 0 Å². The third kappa shape index (κ3) is 3.08. The largest absolute Gasteiger partial charge is 0.339 e. The van der Waals surface area contributed by atoms with Crippen LogP contribution in [0.2, 0.25) is 0 Å². The van der Waals surface area contributed by atoms with Crippen molar-refractivity contribution in [2.24, 2.45) is 11.7 Å². The summed E-state index contributed by atoms with van der Waals surface area (Å²) >= 11 is 0. The van der Waals surface area contributed by atoms with Gasteiger partial charge >= 0.3 is 0 Å². The van der Waals surface area contributed by atoms with Gasteiger partial charge in [-0.05, 0) is 37.3 Å². The molecule has 0 radical (unpaired) electrons. The minimum absolute atomic E-state index is 0.560. The Morgan fingerprint density at radius 2 is 2.14 bits per heavy atom. The molecule has 5 heteroatoms. The second-order valence-corrected chi connectivity index (χ2v) is 5.72. The zero-order valence-corrected chi connectivity index (χ0v) is 12.5. The summed E-state index contributed by atoms with van der Waals surface area (Å²) in [5.41, 5.74) is 8.21. The van der Waals surface area contributed by atoms with Gasteiger partial charge in [-0.25, -0.2) is 0 Å². The molecule has 0 amide bonds. The molecule has 1 aromatic carbocycles. The Labute approximate surface area is 125 Å². The average Bonchev–Trinajstić information content (AvgIpc) is 3.05. The monoisotopic (exact) mass is 285 g/mol. The predicted molar refractivity (Wildman–Crippen MR) is 85.2 cm³/mol. The molecule has 1 aliphatic heterocycles. The fourth-order valence-corrected chi connectivity index (χ4v) is 2.86. The molecule has 0 spiro atoms. The number of hydrogen-bond donors (Lipinski definition) is 2. The summed E-state index contributed by atoms with van der Waals surface area (Å²) in [4.78, 5) is 6.88. The highest BCUT2D eigenvalue weighted by Crippen LogP contribution is 2.22. The van der Waals surface area contributed by atoms with Crippen LogP contribution in [0, 0.1) is 5.92 Å². The highest BCUT2D eigenvalue weighted by molar-refractivity contribution is 5.56. The van der Waals surface area contributed by atoms with Crippen LogP contribution in [0.25, 0.3) is 11.4 Å². The number of aromatic nitrogens is 3. The molecule has 0 saturated carbocycles. The summed E-state index contributed by atoms with van der Waals surface area (Å²) < 4.78 is 0. The van der Waals surface area contributed by atoms with Crippen LogP contribution < -0.4 is 10.6 Å². The van der Waals surface area contributed by atoms with Gasteiger partial charge in [-0.2, -0.15) is 4.98 Å². The summed E-state index contributed by atoms with van der Waals surface area (Å²) in [7, 11) is 0. The highest BCUT2D eigenvalue weighted by atomic mass is 15.4. The molecule has 112 valence electrons. The van der Waals surface area contributed by atoms with Crippen molar-refractivity contribution in [2.75, 3.05) is 24.5 Å². The molecule has 21 heavy (non-hydrogen) atoms. The minimum atomic E-state index is 0.560. The Hall–Kier alpha value is -1.88. The fraction of sp³-hybridized carbons (Fsp3) is 0.500. The lowest BCUT2D eigenvalue weighted by Gasteiger charge is -2.31. The molecule has 2 aromatic rings. The Morgan fingerprint density at radius 3 is 2.86 bits per heavy atom. The summed E-state index contributed by atoms with van der Waals surface area (Å²) in [5, 5.41) is 7.43. The average molecular weight is 285 g/mol. The van der Waals surface area contributed by atoms with E-state index in [1.807, 2.05) is 0 Å². The van der Waals surface area contributed by atoms with Crippen molar-refractivity contribution >= 4 is 5.95 Å². The van der Waals surface area contributed by atoms with Crippen molar-refractivity contribution in [2.45, 2.75) is 26.2 Å². The third-order valence-corrected chi connectivity index (χ3v) is 4.24. The van der Waals surface area contributed by atoms with Gasteiger partial charge in [-0.1, -0.05) is 31.2 Å². The summed E-state index contributed by atoms with van der Waals surface area (Å²) in [6, 6.07) is 8.48. The molecule has 1 aliphatic rings. The Balaban J connectivity index is 1.76. The van der Waals surface area contributed by atoms with Gasteiger partial charge in [0.05, 0.1) is 0 Å². The number of nitrogens with one attached hydrogen (secondary N) is 1. The lowest BCUT2D eigenvalue weighted by atomic mass is 9.99. The van der Waals surface area contributed by atoms with Gasteiger partial charge in [-0.15, -0.1) is 5.10 Å². The maximum Gasteiger partial charge on any atom is 0.245 e. The molecule has 0 bridgehead atoms. The van der Waals surface area contributed by atoms with Crippen molar-refractivity contribution in [3.63, 3.8) is 0 Å². The molecule has 5 nitrogen and oxygen atoms in total. The number of piperidine rings is 1. The fourth-order valence-electron chi connectivity index (χ4n) is 2.86. The lowest BCUT2D eigenvalue weighted by molar-refractivity contribution is 0.420. The number of aromatic amines is 1. The number of aryl methyl sites for hydroxylation is 1. The lowest BCUT2D eigenvalue weighted by Crippen LogP contribution is -2.38. The van der Waals surface area contributed by atoms with Gasteiger partial charge in [0.2, 0.25) is 5.95 Å². The van der Waals surface area contributed by atoms with Gasteiger partial charge in [0.15, 0.2) is 5.82 Å². The predicted octanol–water partition coefficient (Wildman–Crippen LogP) is 2.21. The van der Waals surface area contributed by atoms with Crippen molar-refractivity contribution in [3.8, 4) is 11.4 Å². The second-order valence-electron chi connectivity index (χ2n) is 5.72. The maximum atomic E-state index is 5.79. The number of benzene rings is 1. The summed E-state index contributed by atoms with van der Waals surface area (Å²) in [6.07, 6.45) is 3.43. The number of rotatable bonds is 4. The van der Waals surface area contributed by atoms with E-state index < -0.39 is 0 Å². The van der Waals surface area contributed by atoms with Gasteiger partial charge in [-0.3, -0.25) is 5.10 Å². The van der Waals surface area contributed by atoms with Crippen molar-refractivity contribution in [1.29, 1.82) is 0 Å². The van der Waals surface area contributed by atoms with E-state index in [4.69, 9.17) is 5.73 Å². The van der Waals surface area contributed by atoms with Gasteiger partial charge in [0, 0.05) is 18.7 Å². The molecule has 3 rings (SSSR count). The number of nitrogens with two attached hydrogens (primary N) is 1. The first-order valence-corrected chi connectivity index (χ1v) is 7.77. The highest BCUT2D eigenvalue weighted by Gasteiger charge is 2.21. The molecular formula is C16H23N5. The second kappa shape index (κ2) is 6.26. The zero-order valence-electron chi connectivity index (χ0n) is 12.5. The van der Waals surface area contributed by atoms with Crippen LogP contribution in [0.3, 0.4) is 0 Å². The SMILES string of the molecule is CCc1ccc(-c2nc(N3CCCC(CN)C3)n[nH]2)cc1. The molecule has 1 atom stereocenters. The van der Waals surface area contributed by atoms with Crippen LogP contribution >= 0.6 is 0 Å². The van der Waals surface area contributed by atoms with Gasteiger partial charge < -0.3 is 10.6 Å². The molecule has 1 saturated heterocycles. The van der Waals surface area contributed by atoms with E-state index in [0.717, 1.165) is 49.8 Å². The van der Waals surface area contributed by atoms with E-state index in [9.17, 15) is 0 Å². The quantitative estimate of drug-likeness (QED) is 0.903. The molecule has 0 aliphatic carbocycles. The van der Waals surface area contributed by atoms with E-state index >= 15 is 0 Å². The summed E-state index contributed by atoms with van der Waals surface area (Å²) in [5.74, 6) is 2.19. The number of hydrogen-bond acceptors (Lipinski definition) is 4. The van der Waals surface area contributed by atoms with Crippen LogP contribution in [-0.2, 0) is 6.42 Å².